The number of nitrogens with zero attached hydrogens (tertiary/aromatic N) is 4. The first-order chi connectivity index (χ1) is 10.8. The van der Waals surface area contributed by atoms with E-state index in [1.807, 2.05) is 0 Å². The standard InChI is InChI=1S/C10H14N5O7P.2Li/c11-8-5-9(13-2-12-8)15(3-14-5)10-7(17)6(16)4(22-10)1-21-23(18,19)20;;/h2-4,6-7,10,16-17H,1H2,(H2,11,12,13)(H2,18,19,20);;/q;2*+1/p-2/t4-,6+,7?,10-;;/m1../s1/i1+1,2+1,3+1,4+1,5+1,6+1,7+1,8+1,9+1,10+1;;. The largest absolute Gasteiger partial charge is 1.00 e. The first kappa shape index (κ1) is 22.6. The van der Waals surface area contributed by atoms with Crippen LogP contribution < -0.4 is 53.2 Å². The number of aromatic nitrogens is 4. The van der Waals surface area contributed by atoms with E-state index in [9.17, 15) is 24.6 Å². The van der Waals surface area contributed by atoms with Crippen LogP contribution in [0, 0.1) is 0 Å². The molecule has 0 radical (unpaired) electrons. The number of hydrogen-bond donors (Lipinski definition) is 3. The van der Waals surface area contributed by atoms with Gasteiger partial charge >= 0.3 is 37.7 Å². The van der Waals surface area contributed by atoms with Crippen molar-refractivity contribution in [3.63, 3.8) is 0 Å². The van der Waals surface area contributed by atoms with E-state index in [0.717, 1.165) is 0 Å². The maximum atomic E-state index is 10.5. The Morgan fingerprint density at radius 2 is 1.96 bits per heavy atom. The molecule has 4 atom stereocenters. The van der Waals surface area contributed by atoms with Crippen LogP contribution in [0.15, 0.2) is 12.7 Å². The smallest absolute Gasteiger partial charge is 0.790 e. The van der Waals surface area contributed by atoms with Gasteiger partial charge < -0.3 is 39.6 Å². The first-order valence-electron chi connectivity index (χ1n) is 6.39. The Hall–Kier alpha value is -0.465. The summed E-state index contributed by atoms with van der Waals surface area (Å²) >= 11 is 0. The van der Waals surface area contributed by atoms with Crippen molar-refractivity contribution in [3.8, 4) is 0 Å². The molecular weight excluding hydrogens is 357 g/mol. The first-order valence-corrected chi connectivity index (χ1v) is 7.85. The SMILES string of the molecule is N[13c]1n[13cH]n[13c]2[13c]1n[13cH]n2[13C@@H]1O[13C@H]([13CH2]OP(=O)([O-])[O-])[13C@H](O)[13CH]1O.[Li+].[Li+]. The minimum atomic E-state index is -5.22. The van der Waals surface area contributed by atoms with Gasteiger partial charge in [-0.2, -0.15) is 0 Å². The van der Waals surface area contributed by atoms with Crippen LogP contribution in [0.3, 0.4) is 0 Å². The van der Waals surface area contributed by atoms with Crippen LogP contribution in [0.4, 0.5) is 5.82 Å². The summed E-state index contributed by atoms with van der Waals surface area (Å²) < 4.78 is 21.3. The zero-order chi connectivity index (χ0) is 16.8. The van der Waals surface area contributed by atoms with Crippen LogP contribution in [0.5, 0.6) is 0 Å². The van der Waals surface area contributed by atoms with Crippen molar-refractivity contribution >= 4 is 24.8 Å². The van der Waals surface area contributed by atoms with E-state index in [1.165, 1.54) is 17.2 Å². The Morgan fingerprint density at radius 3 is 2.60 bits per heavy atom. The zero-order valence-corrected chi connectivity index (χ0v) is 14.3. The Bertz CT molecular complexity index is 773. The Balaban J connectivity index is 0.00000156. The fraction of sp³-hybridized carbons (Fsp3) is 0.500. The fourth-order valence-corrected chi connectivity index (χ4v) is 2.65. The number of hydrogen-bond acceptors (Lipinski definition) is 11. The molecule has 0 saturated carbocycles. The number of phosphoric acid groups is 1. The molecule has 126 valence electrons. The van der Waals surface area contributed by atoms with Gasteiger partial charge in [0.2, 0.25) is 0 Å². The summed E-state index contributed by atoms with van der Waals surface area (Å²) in [6.45, 7) is -0.719. The zero-order valence-electron chi connectivity index (χ0n) is 13.4. The molecule has 3 rings (SSSR count). The van der Waals surface area contributed by atoms with E-state index in [1.54, 1.807) is 0 Å². The summed E-state index contributed by atoms with van der Waals surface area (Å²) in [5, 5.41) is 20.0. The second kappa shape index (κ2) is 8.48. The van der Waals surface area contributed by atoms with Crippen molar-refractivity contribution in [1.82, 2.24) is 19.5 Å². The van der Waals surface area contributed by atoms with Gasteiger partial charge in [0.1, 0.15) is 30.2 Å². The molecule has 1 saturated heterocycles. The minimum absolute atomic E-state index is 0. The quantitative estimate of drug-likeness (QED) is 0.263. The van der Waals surface area contributed by atoms with Crippen molar-refractivity contribution in [3.05, 3.63) is 12.7 Å². The minimum Gasteiger partial charge on any atom is -0.790 e. The number of ether oxygens (including phenoxy) is 1. The van der Waals surface area contributed by atoms with Crippen molar-refractivity contribution in [1.29, 1.82) is 0 Å². The van der Waals surface area contributed by atoms with Gasteiger partial charge in [-0.15, -0.1) is 0 Å². The van der Waals surface area contributed by atoms with Gasteiger partial charge in [0.25, 0.3) is 0 Å². The number of anilines is 1. The van der Waals surface area contributed by atoms with Gasteiger partial charge in [0.15, 0.2) is 17.7 Å². The predicted octanol–water partition coefficient (Wildman–Crippen LogP) is -9.12. The van der Waals surface area contributed by atoms with Crippen molar-refractivity contribution < 1.29 is 71.5 Å². The average molecular weight is 369 g/mol. The van der Waals surface area contributed by atoms with Gasteiger partial charge in [0.05, 0.1) is 20.8 Å². The summed E-state index contributed by atoms with van der Waals surface area (Å²) in [7, 11) is -5.22. The Morgan fingerprint density at radius 1 is 1.28 bits per heavy atom. The molecule has 0 spiro atoms. The molecule has 25 heavy (non-hydrogen) atoms. The number of imidazole rings is 1. The van der Waals surface area contributed by atoms with Gasteiger partial charge in [-0.25, -0.2) is 15.0 Å². The van der Waals surface area contributed by atoms with Crippen LogP contribution >= 0.6 is 7.82 Å². The molecule has 1 unspecified atom stereocenters. The Labute approximate surface area is 165 Å². The van der Waals surface area contributed by atoms with Crippen LogP contribution in [0.2, 0.25) is 0 Å². The molecular formula is C10H12Li2N5O7P. The van der Waals surface area contributed by atoms with Crippen molar-refractivity contribution in [2.24, 2.45) is 0 Å². The molecule has 12 nitrogen and oxygen atoms in total. The molecule has 15 heteroatoms. The number of nitrogens with two attached hydrogens (primary N) is 1. The molecule has 1 aliphatic heterocycles. The molecule has 0 aromatic carbocycles. The molecule has 2 aromatic rings. The summed E-state index contributed by atoms with van der Waals surface area (Å²) in [4.78, 5) is 32.8. The third-order valence-corrected chi connectivity index (χ3v) is 3.86. The van der Waals surface area contributed by atoms with Gasteiger partial charge in [-0.3, -0.25) is 4.57 Å². The third-order valence-electron chi connectivity index (χ3n) is 3.40. The topological polar surface area (TPSA) is 192 Å². The van der Waals surface area contributed by atoms with E-state index < -0.39 is 39.0 Å². The van der Waals surface area contributed by atoms with Crippen LogP contribution in [0.1, 0.15) is 6.23 Å². The molecule has 0 aliphatic carbocycles. The molecule has 2 aromatic heterocycles. The van der Waals surface area contributed by atoms with E-state index in [-0.39, 0.29) is 54.7 Å². The summed E-state index contributed by atoms with van der Waals surface area (Å²) in [6, 6.07) is 0. The molecule has 1 aliphatic rings. The molecule has 4 N–H and O–H groups in total. The van der Waals surface area contributed by atoms with Gasteiger partial charge in [-0.1, -0.05) is 0 Å². The summed E-state index contributed by atoms with van der Waals surface area (Å²) in [5.74, 6) is 0.125. The van der Waals surface area contributed by atoms with E-state index in [2.05, 4.69) is 19.5 Å². The van der Waals surface area contributed by atoms with Gasteiger partial charge in [-0.05, 0) is 0 Å². The Kier molecular flexibility index (Phi) is 7.66. The molecule has 1 fully saturated rings. The summed E-state index contributed by atoms with van der Waals surface area (Å²) in [6.07, 6.45) is -2.75. The normalized spacial score (nSPS) is 26.2. The van der Waals surface area contributed by atoms with Crippen molar-refractivity contribution in [2.75, 3.05) is 12.3 Å². The number of aliphatic hydroxyl groups excluding tert-OH is 2. The number of fused-ring (bicyclic) bond motifs is 1. The van der Waals surface area contributed by atoms with Crippen LogP contribution in [-0.2, 0) is 13.8 Å². The van der Waals surface area contributed by atoms with Crippen LogP contribution in [-0.4, -0.2) is 54.7 Å². The second-order valence-corrected chi connectivity index (χ2v) is 6.02. The number of aliphatic hydroxyl groups is 2. The monoisotopic (exact) mass is 369 g/mol. The summed E-state index contributed by atoms with van der Waals surface area (Å²) in [5.41, 5.74) is 6.19. The average Bonchev–Trinajstić information content (AvgIpc) is 3.01. The number of rotatable bonds is 4. The number of nitrogen functional groups attached to an aromatic ring is 1. The van der Waals surface area contributed by atoms with E-state index in [4.69, 9.17) is 10.5 Å². The fourth-order valence-electron chi connectivity index (χ4n) is 2.32. The molecule has 3 heterocycles. The second-order valence-electron chi connectivity index (χ2n) is 4.87. The maximum Gasteiger partial charge on any atom is 1.00 e. The molecule has 0 bridgehead atoms. The van der Waals surface area contributed by atoms with E-state index >= 15 is 0 Å². The van der Waals surface area contributed by atoms with E-state index in [0.29, 0.717) is 0 Å². The maximum absolute atomic E-state index is 10.5. The molecule has 0 amide bonds. The van der Waals surface area contributed by atoms with Crippen molar-refractivity contribution in [2.45, 2.75) is 24.5 Å². The number of phosphoric ester groups is 1. The van der Waals surface area contributed by atoms with Crippen LogP contribution in [0.25, 0.3) is 11.2 Å². The predicted molar refractivity (Wildman–Crippen MR) is 69.2 cm³/mol. The third kappa shape index (κ3) is 4.63. The van der Waals surface area contributed by atoms with Gasteiger partial charge in [0, 0.05) is 0 Å².